The summed E-state index contributed by atoms with van der Waals surface area (Å²) in [5, 5.41) is 2.92. The fourth-order valence-corrected chi connectivity index (χ4v) is 3.36. The number of carbonyl (C=O) groups excluding carboxylic acids is 1. The Hall–Kier alpha value is -2.36. The average molecular weight is 299 g/mol. The summed E-state index contributed by atoms with van der Waals surface area (Å²) in [6.07, 6.45) is 0. The predicted octanol–water partition coefficient (Wildman–Crippen LogP) is 3.73. The van der Waals surface area contributed by atoms with Gasteiger partial charge in [0.1, 0.15) is 17.0 Å². The largest absolute Gasteiger partial charge is 0.497 e. The SMILES string of the molecule is COc1ccc2c(c1)C(c1cccc(F)c1)(C(C)C)C(=O)N2. The summed E-state index contributed by atoms with van der Waals surface area (Å²) in [4.78, 5) is 12.8. The van der Waals surface area contributed by atoms with E-state index in [0.29, 0.717) is 11.3 Å². The van der Waals surface area contributed by atoms with E-state index >= 15 is 0 Å². The van der Waals surface area contributed by atoms with Gasteiger partial charge in [-0.1, -0.05) is 26.0 Å². The highest BCUT2D eigenvalue weighted by atomic mass is 19.1. The number of ether oxygens (including phenoxy) is 1. The molecule has 2 aromatic carbocycles. The summed E-state index contributed by atoms with van der Waals surface area (Å²) in [5.74, 6) is 0.164. The van der Waals surface area contributed by atoms with E-state index in [0.717, 1.165) is 11.3 Å². The van der Waals surface area contributed by atoms with Crippen molar-refractivity contribution in [1.82, 2.24) is 0 Å². The van der Waals surface area contributed by atoms with Crippen molar-refractivity contribution in [1.29, 1.82) is 0 Å². The third kappa shape index (κ3) is 1.90. The second-order valence-electron chi connectivity index (χ2n) is 5.84. The lowest BCUT2D eigenvalue weighted by Gasteiger charge is -2.32. The van der Waals surface area contributed by atoms with Crippen LogP contribution >= 0.6 is 0 Å². The van der Waals surface area contributed by atoms with E-state index in [9.17, 15) is 9.18 Å². The quantitative estimate of drug-likeness (QED) is 0.938. The van der Waals surface area contributed by atoms with Crippen molar-refractivity contribution in [2.75, 3.05) is 12.4 Å². The third-order valence-corrected chi connectivity index (χ3v) is 4.40. The maximum absolute atomic E-state index is 13.7. The minimum absolute atomic E-state index is 0.0392. The molecule has 2 aromatic rings. The lowest BCUT2D eigenvalue weighted by Crippen LogP contribution is -2.40. The maximum Gasteiger partial charge on any atom is 0.239 e. The van der Waals surface area contributed by atoms with Gasteiger partial charge in [-0.2, -0.15) is 0 Å². The zero-order valence-corrected chi connectivity index (χ0v) is 12.8. The molecule has 1 aliphatic heterocycles. The Labute approximate surface area is 129 Å². The Morgan fingerprint density at radius 1 is 1.18 bits per heavy atom. The van der Waals surface area contributed by atoms with Crippen LogP contribution in [-0.4, -0.2) is 13.0 Å². The molecule has 0 fully saturated rings. The molecule has 1 N–H and O–H groups in total. The van der Waals surface area contributed by atoms with Crippen molar-refractivity contribution in [2.24, 2.45) is 5.92 Å². The van der Waals surface area contributed by atoms with Gasteiger partial charge in [0.2, 0.25) is 5.91 Å². The summed E-state index contributed by atoms with van der Waals surface area (Å²) in [5.41, 5.74) is 1.33. The van der Waals surface area contributed by atoms with Crippen LogP contribution in [-0.2, 0) is 10.2 Å². The van der Waals surface area contributed by atoms with Gasteiger partial charge in [-0.05, 0) is 47.4 Å². The van der Waals surface area contributed by atoms with Gasteiger partial charge >= 0.3 is 0 Å². The van der Waals surface area contributed by atoms with Crippen molar-refractivity contribution in [3.63, 3.8) is 0 Å². The molecular weight excluding hydrogens is 281 g/mol. The number of halogens is 1. The number of hydrogen-bond acceptors (Lipinski definition) is 2. The lowest BCUT2D eigenvalue weighted by atomic mass is 9.67. The van der Waals surface area contributed by atoms with Crippen molar-refractivity contribution < 1.29 is 13.9 Å². The number of carbonyl (C=O) groups is 1. The van der Waals surface area contributed by atoms with Crippen LogP contribution in [0.25, 0.3) is 0 Å². The fraction of sp³-hybridized carbons (Fsp3) is 0.278. The number of nitrogens with one attached hydrogen (secondary N) is 1. The molecule has 1 unspecified atom stereocenters. The number of fused-ring (bicyclic) bond motifs is 1. The first-order valence-electron chi connectivity index (χ1n) is 7.26. The van der Waals surface area contributed by atoms with Gasteiger partial charge < -0.3 is 10.1 Å². The van der Waals surface area contributed by atoms with Crippen molar-refractivity contribution in [3.8, 4) is 5.75 Å². The van der Waals surface area contributed by atoms with E-state index in [1.165, 1.54) is 12.1 Å². The summed E-state index contributed by atoms with van der Waals surface area (Å²) in [6.45, 7) is 3.94. The maximum atomic E-state index is 13.7. The Morgan fingerprint density at radius 2 is 1.95 bits per heavy atom. The zero-order chi connectivity index (χ0) is 15.9. The number of rotatable bonds is 3. The highest BCUT2D eigenvalue weighted by molar-refractivity contribution is 6.09. The molecule has 0 spiro atoms. The molecule has 0 aromatic heterocycles. The van der Waals surface area contributed by atoms with Crippen LogP contribution in [0.15, 0.2) is 42.5 Å². The topological polar surface area (TPSA) is 38.3 Å². The molecule has 114 valence electrons. The third-order valence-electron chi connectivity index (χ3n) is 4.40. The normalized spacial score (nSPS) is 20.0. The predicted molar refractivity (Wildman–Crippen MR) is 83.6 cm³/mol. The van der Waals surface area contributed by atoms with Crippen molar-refractivity contribution in [2.45, 2.75) is 19.3 Å². The molecule has 3 rings (SSSR count). The Bertz CT molecular complexity index is 742. The van der Waals surface area contributed by atoms with Gasteiger partial charge in [0.25, 0.3) is 0 Å². The average Bonchev–Trinajstić information content (AvgIpc) is 2.79. The Morgan fingerprint density at radius 3 is 2.59 bits per heavy atom. The van der Waals surface area contributed by atoms with E-state index in [1.54, 1.807) is 25.3 Å². The van der Waals surface area contributed by atoms with Gasteiger partial charge in [0, 0.05) is 5.69 Å². The Balaban J connectivity index is 2.31. The van der Waals surface area contributed by atoms with Gasteiger partial charge in [-0.25, -0.2) is 4.39 Å². The summed E-state index contributed by atoms with van der Waals surface area (Å²) >= 11 is 0. The van der Waals surface area contributed by atoms with Gasteiger partial charge in [0.15, 0.2) is 0 Å². The van der Waals surface area contributed by atoms with E-state index < -0.39 is 5.41 Å². The molecule has 4 heteroatoms. The molecule has 0 saturated carbocycles. The van der Waals surface area contributed by atoms with Crippen LogP contribution in [0.5, 0.6) is 5.75 Å². The Kier molecular flexibility index (Phi) is 3.39. The number of hydrogen-bond donors (Lipinski definition) is 1. The van der Waals surface area contributed by atoms with Crippen LogP contribution in [0, 0.1) is 11.7 Å². The highest BCUT2D eigenvalue weighted by Gasteiger charge is 2.50. The van der Waals surface area contributed by atoms with E-state index in [4.69, 9.17) is 4.74 Å². The molecule has 0 bridgehead atoms. The summed E-state index contributed by atoms with van der Waals surface area (Å²) in [6, 6.07) is 11.8. The van der Waals surface area contributed by atoms with E-state index in [1.807, 2.05) is 26.0 Å². The fourth-order valence-electron chi connectivity index (χ4n) is 3.36. The van der Waals surface area contributed by atoms with Crippen LogP contribution in [0.2, 0.25) is 0 Å². The molecule has 0 saturated heterocycles. The molecule has 22 heavy (non-hydrogen) atoms. The standard InChI is InChI=1S/C18H18FNO2/c1-11(2)18(12-5-4-6-13(19)9-12)15-10-14(22-3)7-8-16(15)20-17(18)21/h4-11H,1-3H3,(H,20,21). The molecule has 1 amide bonds. The molecule has 1 heterocycles. The number of methoxy groups -OCH3 is 1. The van der Waals surface area contributed by atoms with Crippen LogP contribution in [0.1, 0.15) is 25.0 Å². The minimum atomic E-state index is -0.911. The van der Waals surface area contributed by atoms with Crippen molar-refractivity contribution in [3.05, 3.63) is 59.4 Å². The number of amides is 1. The second kappa shape index (κ2) is 5.13. The second-order valence-corrected chi connectivity index (χ2v) is 5.84. The van der Waals surface area contributed by atoms with Gasteiger partial charge in [0.05, 0.1) is 7.11 Å². The molecular formula is C18H18FNO2. The highest BCUT2D eigenvalue weighted by Crippen LogP contribution is 2.48. The number of benzene rings is 2. The van der Waals surface area contributed by atoms with E-state index in [-0.39, 0.29) is 17.6 Å². The zero-order valence-electron chi connectivity index (χ0n) is 12.8. The van der Waals surface area contributed by atoms with Crippen molar-refractivity contribution >= 4 is 11.6 Å². The summed E-state index contributed by atoms with van der Waals surface area (Å²) in [7, 11) is 1.59. The lowest BCUT2D eigenvalue weighted by molar-refractivity contribution is -0.120. The first kappa shape index (κ1) is 14.6. The first-order chi connectivity index (χ1) is 10.5. The molecule has 1 aliphatic rings. The van der Waals surface area contributed by atoms with Crippen LogP contribution in [0.3, 0.4) is 0 Å². The monoisotopic (exact) mass is 299 g/mol. The van der Waals surface area contributed by atoms with Crippen LogP contribution in [0.4, 0.5) is 10.1 Å². The van der Waals surface area contributed by atoms with Gasteiger partial charge in [-0.3, -0.25) is 4.79 Å². The molecule has 0 aliphatic carbocycles. The van der Waals surface area contributed by atoms with Gasteiger partial charge in [-0.15, -0.1) is 0 Å². The first-order valence-corrected chi connectivity index (χ1v) is 7.26. The smallest absolute Gasteiger partial charge is 0.239 e. The molecule has 3 nitrogen and oxygen atoms in total. The molecule has 0 radical (unpaired) electrons. The van der Waals surface area contributed by atoms with Crippen LogP contribution < -0.4 is 10.1 Å². The minimum Gasteiger partial charge on any atom is -0.497 e. The molecule has 1 atom stereocenters. The van der Waals surface area contributed by atoms with E-state index in [2.05, 4.69) is 5.32 Å². The summed E-state index contributed by atoms with van der Waals surface area (Å²) < 4.78 is 19.0. The number of anilines is 1.